The molecule has 1 saturated carbocycles. The number of hydrogen-bond donors (Lipinski definition) is 0. The van der Waals surface area contributed by atoms with Crippen molar-refractivity contribution in [1.82, 2.24) is 0 Å². The molecule has 0 aliphatic heterocycles. The van der Waals surface area contributed by atoms with E-state index in [-0.39, 0.29) is 0 Å². The summed E-state index contributed by atoms with van der Waals surface area (Å²) in [5.74, 6) is 3.97. The minimum Gasteiger partial charge on any atom is -0.0873 e. The first kappa shape index (κ1) is 14.4. The van der Waals surface area contributed by atoms with Crippen LogP contribution in [0, 0.1) is 17.8 Å². The average molecular weight is 240 g/mol. The molecule has 0 aromatic rings. The molecule has 0 spiro atoms. The van der Waals surface area contributed by atoms with Gasteiger partial charge < -0.3 is 0 Å². The van der Waals surface area contributed by atoms with Crippen LogP contribution in [0.3, 0.4) is 0 Å². The van der Waals surface area contributed by atoms with Gasteiger partial charge in [-0.3, -0.25) is 0 Å². The Hall–Kier alpha value is -0.000260. The third-order valence-corrected chi connectivity index (χ3v) is 5.46. The Kier molecular flexibility index (Phi) is 5.57. The summed E-state index contributed by atoms with van der Waals surface area (Å²) in [5, 5.41) is 0. The molecule has 0 heterocycles. The standard InChI is InChI=1S/C14H28B4/c1-3-8-18(15)9-7-13-11-5-6-12(10-11)14(13)17-16-4-2/h5-6,11-14,16-17H,3-4,7-10,15H2,1-2H3. The van der Waals surface area contributed by atoms with Gasteiger partial charge in [0.1, 0.15) is 6.60 Å². The highest BCUT2D eigenvalue weighted by Gasteiger charge is 2.43. The van der Waals surface area contributed by atoms with Crippen molar-refractivity contribution in [2.75, 3.05) is 0 Å². The van der Waals surface area contributed by atoms with Crippen LogP contribution in [0.25, 0.3) is 0 Å². The number of fused-ring (bicyclic) bond motifs is 2. The molecule has 4 heteroatoms. The second kappa shape index (κ2) is 6.96. The number of allylic oxidation sites excluding steroid dienone is 2. The van der Waals surface area contributed by atoms with Gasteiger partial charge in [0.25, 0.3) is 0 Å². The van der Waals surface area contributed by atoms with Crippen LogP contribution < -0.4 is 0 Å². The summed E-state index contributed by atoms with van der Waals surface area (Å²) in [6.07, 6.45) is 13.7. The van der Waals surface area contributed by atoms with Crippen molar-refractivity contribution in [1.29, 1.82) is 0 Å². The van der Waals surface area contributed by atoms with Crippen LogP contribution in [0.15, 0.2) is 12.2 Å². The lowest BCUT2D eigenvalue weighted by Gasteiger charge is -2.28. The molecule has 2 aliphatic rings. The highest BCUT2D eigenvalue weighted by atomic mass is 14.4. The van der Waals surface area contributed by atoms with Crippen molar-refractivity contribution in [2.24, 2.45) is 17.8 Å². The normalized spacial score (nSPS) is 32.8. The quantitative estimate of drug-likeness (QED) is 0.450. The monoisotopic (exact) mass is 240 g/mol. The predicted octanol–water partition coefficient (Wildman–Crippen LogP) is 2.25. The van der Waals surface area contributed by atoms with Gasteiger partial charge in [0.15, 0.2) is 0 Å². The molecule has 0 radical (unpaired) electrons. The summed E-state index contributed by atoms with van der Waals surface area (Å²) < 4.78 is 0. The van der Waals surface area contributed by atoms with E-state index >= 15 is 0 Å². The Morgan fingerprint density at radius 1 is 1.22 bits per heavy atom. The molecule has 1 fully saturated rings. The zero-order valence-corrected chi connectivity index (χ0v) is 12.7. The third-order valence-electron chi connectivity index (χ3n) is 5.46. The molecule has 0 N–H and O–H groups in total. The minimum absolute atomic E-state index is 0.949. The van der Waals surface area contributed by atoms with Crippen LogP contribution >= 0.6 is 0 Å². The summed E-state index contributed by atoms with van der Waals surface area (Å²) in [7, 11) is 5.39. The van der Waals surface area contributed by atoms with Gasteiger partial charge in [0.05, 0.1) is 22.1 Å². The van der Waals surface area contributed by atoms with Crippen molar-refractivity contribution >= 4 is 28.7 Å². The van der Waals surface area contributed by atoms with E-state index in [4.69, 9.17) is 0 Å². The molecule has 2 rings (SSSR count). The molecule has 2 bridgehead atoms. The van der Waals surface area contributed by atoms with Crippen molar-refractivity contribution in [3.63, 3.8) is 0 Å². The first-order chi connectivity index (χ1) is 8.76. The van der Waals surface area contributed by atoms with Crippen LogP contribution in [0.5, 0.6) is 0 Å². The summed E-state index contributed by atoms with van der Waals surface area (Å²) >= 11 is 0. The van der Waals surface area contributed by atoms with E-state index < -0.39 is 0 Å². The van der Waals surface area contributed by atoms with Crippen LogP contribution in [0.4, 0.5) is 0 Å². The summed E-state index contributed by atoms with van der Waals surface area (Å²) in [6, 6.07) is 0. The second-order valence-corrected chi connectivity index (χ2v) is 6.89. The second-order valence-electron chi connectivity index (χ2n) is 6.89. The van der Waals surface area contributed by atoms with Gasteiger partial charge in [-0.2, -0.15) is 0 Å². The zero-order chi connectivity index (χ0) is 13.0. The SMILES string of the molecule is BB(CCC)CCC1C2C=CC(C2)C1BBCC. The topological polar surface area (TPSA) is 0 Å². The van der Waals surface area contributed by atoms with Gasteiger partial charge in [-0.15, -0.1) is 0 Å². The molecule has 0 saturated heterocycles. The largest absolute Gasteiger partial charge is 0.100 e. The lowest BCUT2D eigenvalue weighted by atomic mass is 9.27. The Morgan fingerprint density at radius 3 is 2.72 bits per heavy atom. The number of hydrogen-bond acceptors (Lipinski definition) is 0. The lowest BCUT2D eigenvalue weighted by molar-refractivity contribution is 0.432. The smallest absolute Gasteiger partial charge is 0.0873 e. The summed E-state index contributed by atoms with van der Waals surface area (Å²) in [5.41, 5.74) is 0. The maximum atomic E-state index is 2.54. The van der Waals surface area contributed by atoms with Gasteiger partial charge in [-0.25, -0.2) is 0 Å². The fourth-order valence-electron chi connectivity index (χ4n) is 4.44. The highest BCUT2D eigenvalue weighted by molar-refractivity contribution is 7.03. The molecular formula is C14H28B4. The van der Waals surface area contributed by atoms with E-state index in [1.54, 1.807) is 0 Å². The molecule has 0 aromatic carbocycles. The Bertz CT molecular complexity index is 279. The fourth-order valence-corrected chi connectivity index (χ4v) is 4.44. The molecule has 0 amide bonds. The Balaban J connectivity index is 1.83. The highest BCUT2D eigenvalue weighted by Crippen LogP contribution is 2.53. The van der Waals surface area contributed by atoms with E-state index in [0.717, 1.165) is 30.2 Å². The molecule has 0 nitrogen and oxygen atoms in total. The zero-order valence-electron chi connectivity index (χ0n) is 12.7. The lowest BCUT2D eigenvalue weighted by Crippen LogP contribution is -2.25. The van der Waals surface area contributed by atoms with Gasteiger partial charge in [-0.1, -0.05) is 63.6 Å². The number of rotatable bonds is 8. The van der Waals surface area contributed by atoms with Crippen LogP contribution in [0.2, 0.25) is 24.8 Å². The first-order valence-corrected chi connectivity index (χ1v) is 8.44. The maximum absolute atomic E-state index is 2.54. The van der Waals surface area contributed by atoms with Crippen molar-refractivity contribution in [2.45, 2.75) is 57.9 Å². The van der Waals surface area contributed by atoms with E-state index in [1.807, 2.05) is 0 Å². The average Bonchev–Trinajstić information content (AvgIpc) is 2.94. The molecule has 4 atom stereocenters. The van der Waals surface area contributed by atoms with E-state index in [0.29, 0.717) is 0 Å². The first-order valence-electron chi connectivity index (χ1n) is 8.44. The summed E-state index contributed by atoms with van der Waals surface area (Å²) in [6.45, 7) is 5.60. The van der Waals surface area contributed by atoms with Gasteiger partial charge in [0, 0.05) is 0 Å². The molecular weight excluding hydrogens is 211 g/mol. The van der Waals surface area contributed by atoms with Crippen molar-refractivity contribution in [3.8, 4) is 0 Å². The van der Waals surface area contributed by atoms with E-state index in [9.17, 15) is 0 Å². The van der Waals surface area contributed by atoms with Crippen molar-refractivity contribution < 1.29 is 0 Å². The fraction of sp³-hybridized carbons (Fsp3) is 0.857. The van der Waals surface area contributed by atoms with E-state index in [2.05, 4.69) is 33.7 Å². The molecule has 96 valence electrons. The maximum Gasteiger partial charge on any atom is 0.100 e. The van der Waals surface area contributed by atoms with Crippen molar-refractivity contribution in [3.05, 3.63) is 12.2 Å². The summed E-state index contributed by atoms with van der Waals surface area (Å²) in [4.78, 5) is 0. The van der Waals surface area contributed by atoms with Gasteiger partial charge >= 0.3 is 0 Å². The van der Waals surface area contributed by atoms with Crippen LogP contribution in [-0.2, 0) is 0 Å². The van der Waals surface area contributed by atoms with Gasteiger partial charge in [0.2, 0.25) is 0 Å². The van der Waals surface area contributed by atoms with Gasteiger partial charge in [-0.05, 0) is 24.2 Å². The Labute approximate surface area is 117 Å². The predicted molar refractivity (Wildman–Crippen MR) is 91.6 cm³/mol. The minimum atomic E-state index is 0.949. The van der Waals surface area contributed by atoms with Crippen LogP contribution in [0.1, 0.15) is 33.1 Å². The van der Waals surface area contributed by atoms with E-state index in [1.165, 1.54) is 52.6 Å². The molecule has 2 aliphatic carbocycles. The Morgan fingerprint density at radius 2 is 2.00 bits per heavy atom. The molecule has 4 unspecified atom stereocenters. The third kappa shape index (κ3) is 3.31. The molecule has 0 aromatic heterocycles. The molecule has 18 heavy (non-hydrogen) atoms. The van der Waals surface area contributed by atoms with Crippen LogP contribution in [-0.4, -0.2) is 28.7 Å².